The Bertz CT molecular complexity index is 556. The fraction of sp³-hybridized carbons (Fsp3) is 0.267. The topological polar surface area (TPSA) is 26.3 Å². The van der Waals surface area contributed by atoms with Crippen LogP contribution in [0.3, 0.4) is 0 Å². The smallest absolute Gasteiger partial charge is 0.313 e. The van der Waals surface area contributed by atoms with E-state index < -0.39 is 0 Å². The standard InChI is InChI=1S/C15H16O2/c1-10(2)15(16)17-14-7-6-12-5-4-11(3)8-13(12)9-14/h4-10H,1-3H3. The Morgan fingerprint density at radius 3 is 2.47 bits per heavy atom. The van der Waals surface area contributed by atoms with Crippen molar-refractivity contribution in [3.8, 4) is 5.75 Å². The van der Waals surface area contributed by atoms with E-state index in [1.807, 2.05) is 39.0 Å². The summed E-state index contributed by atoms with van der Waals surface area (Å²) < 4.78 is 5.28. The Kier molecular flexibility index (Phi) is 3.14. The highest BCUT2D eigenvalue weighted by Gasteiger charge is 2.09. The third-order valence-corrected chi connectivity index (χ3v) is 2.66. The first-order valence-electron chi connectivity index (χ1n) is 5.78. The summed E-state index contributed by atoms with van der Waals surface area (Å²) >= 11 is 0. The lowest BCUT2D eigenvalue weighted by atomic mass is 10.1. The Hall–Kier alpha value is -1.83. The number of fused-ring (bicyclic) bond motifs is 1. The zero-order chi connectivity index (χ0) is 12.4. The van der Waals surface area contributed by atoms with Crippen molar-refractivity contribution in [2.75, 3.05) is 0 Å². The first-order valence-corrected chi connectivity index (χ1v) is 5.78. The predicted molar refractivity (Wildman–Crippen MR) is 69.2 cm³/mol. The lowest BCUT2D eigenvalue weighted by Gasteiger charge is -2.07. The molecular weight excluding hydrogens is 212 g/mol. The Balaban J connectivity index is 2.34. The Morgan fingerprint density at radius 2 is 1.76 bits per heavy atom. The van der Waals surface area contributed by atoms with E-state index in [0.717, 1.165) is 10.8 Å². The van der Waals surface area contributed by atoms with Gasteiger partial charge in [0, 0.05) is 0 Å². The summed E-state index contributed by atoms with van der Waals surface area (Å²) in [5, 5.41) is 2.25. The quantitative estimate of drug-likeness (QED) is 0.578. The second-order valence-corrected chi connectivity index (χ2v) is 4.59. The van der Waals surface area contributed by atoms with Crippen LogP contribution in [-0.2, 0) is 4.79 Å². The van der Waals surface area contributed by atoms with Gasteiger partial charge in [-0.2, -0.15) is 0 Å². The summed E-state index contributed by atoms with van der Waals surface area (Å²) in [6, 6.07) is 11.9. The molecule has 2 heteroatoms. The van der Waals surface area contributed by atoms with Crippen molar-refractivity contribution >= 4 is 16.7 Å². The molecule has 0 N–H and O–H groups in total. The number of carbonyl (C=O) groups is 1. The van der Waals surface area contributed by atoms with Crippen molar-refractivity contribution < 1.29 is 9.53 Å². The fourth-order valence-electron chi connectivity index (χ4n) is 1.64. The first-order chi connectivity index (χ1) is 8.06. The molecule has 0 aliphatic carbocycles. The molecule has 0 aromatic heterocycles. The van der Waals surface area contributed by atoms with E-state index in [4.69, 9.17) is 4.74 Å². The largest absolute Gasteiger partial charge is 0.426 e. The third kappa shape index (κ3) is 2.64. The summed E-state index contributed by atoms with van der Waals surface area (Å²) in [6.07, 6.45) is 0. The summed E-state index contributed by atoms with van der Waals surface area (Å²) in [5.74, 6) is 0.307. The minimum Gasteiger partial charge on any atom is -0.426 e. The van der Waals surface area contributed by atoms with Gasteiger partial charge in [0.05, 0.1) is 5.92 Å². The van der Waals surface area contributed by atoms with Crippen molar-refractivity contribution in [2.24, 2.45) is 5.92 Å². The molecule has 0 bridgehead atoms. The van der Waals surface area contributed by atoms with Crippen LogP contribution in [0.15, 0.2) is 36.4 Å². The summed E-state index contributed by atoms with van der Waals surface area (Å²) in [7, 11) is 0. The summed E-state index contributed by atoms with van der Waals surface area (Å²) in [4.78, 5) is 11.5. The molecule has 0 aliphatic rings. The Labute approximate surface area is 101 Å². The molecule has 0 spiro atoms. The fourth-order valence-corrected chi connectivity index (χ4v) is 1.64. The van der Waals surface area contributed by atoms with Gasteiger partial charge in [-0.05, 0) is 29.8 Å². The van der Waals surface area contributed by atoms with Crippen LogP contribution in [0, 0.1) is 12.8 Å². The average molecular weight is 228 g/mol. The molecule has 0 heterocycles. The maximum Gasteiger partial charge on any atom is 0.313 e. The van der Waals surface area contributed by atoms with Crippen LogP contribution >= 0.6 is 0 Å². The molecule has 2 nitrogen and oxygen atoms in total. The third-order valence-electron chi connectivity index (χ3n) is 2.66. The van der Waals surface area contributed by atoms with Crippen molar-refractivity contribution in [2.45, 2.75) is 20.8 Å². The van der Waals surface area contributed by atoms with Gasteiger partial charge in [-0.3, -0.25) is 4.79 Å². The van der Waals surface area contributed by atoms with Crippen LogP contribution in [0.25, 0.3) is 10.8 Å². The van der Waals surface area contributed by atoms with E-state index >= 15 is 0 Å². The van der Waals surface area contributed by atoms with Crippen molar-refractivity contribution in [1.82, 2.24) is 0 Å². The van der Waals surface area contributed by atoms with Crippen molar-refractivity contribution in [1.29, 1.82) is 0 Å². The second-order valence-electron chi connectivity index (χ2n) is 4.59. The molecule has 88 valence electrons. The van der Waals surface area contributed by atoms with Gasteiger partial charge in [-0.1, -0.05) is 43.7 Å². The van der Waals surface area contributed by atoms with E-state index in [2.05, 4.69) is 18.2 Å². The number of carbonyl (C=O) groups excluding carboxylic acids is 1. The number of aryl methyl sites for hydroxylation is 1. The van der Waals surface area contributed by atoms with Gasteiger partial charge in [0.25, 0.3) is 0 Å². The van der Waals surface area contributed by atoms with Gasteiger partial charge in [-0.15, -0.1) is 0 Å². The van der Waals surface area contributed by atoms with Gasteiger partial charge < -0.3 is 4.74 Å². The highest BCUT2D eigenvalue weighted by atomic mass is 16.5. The summed E-state index contributed by atoms with van der Waals surface area (Å²) in [5.41, 5.74) is 1.20. The SMILES string of the molecule is Cc1ccc2ccc(OC(=O)C(C)C)cc2c1. The molecule has 0 atom stereocenters. The Morgan fingerprint density at radius 1 is 1.06 bits per heavy atom. The van der Waals surface area contributed by atoms with Crippen LogP contribution in [0.2, 0.25) is 0 Å². The van der Waals surface area contributed by atoms with Gasteiger partial charge >= 0.3 is 5.97 Å². The maximum absolute atomic E-state index is 11.5. The monoisotopic (exact) mass is 228 g/mol. The van der Waals surface area contributed by atoms with Crippen LogP contribution in [0.5, 0.6) is 5.75 Å². The molecule has 17 heavy (non-hydrogen) atoms. The molecule has 0 aliphatic heterocycles. The maximum atomic E-state index is 11.5. The average Bonchev–Trinajstić information content (AvgIpc) is 2.28. The van der Waals surface area contributed by atoms with Crippen LogP contribution < -0.4 is 4.74 Å². The van der Waals surface area contributed by atoms with E-state index in [9.17, 15) is 4.79 Å². The van der Waals surface area contributed by atoms with E-state index in [0.29, 0.717) is 5.75 Å². The predicted octanol–water partition coefficient (Wildman–Crippen LogP) is 3.71. The molecule has 2 rings (SSSR count). The summed E-state index contributed by atoms with van der Waals surface area (Å²) in [6.45, 7) is 5.70. The number of rotatable bonds is 2. The minimum absolute atomic E-state index is 0.108. The molecular formula is C15H16O2. The lowest BCUT2D eigenvalue weighted by Crippen LogP contribution is -2.14. The van der Waals surface area contributed by atoms with Gasteiger partial charge in [-0.25, -0.2) is 0 Å². The normalized spacial score (nSPS) is 10.8. The number of benzene rings is 2. The van der Waals surface area contributed by atoms with Crippen LogP contribution in [0.4, 0.5) is 0 Å². The van der Waals surface area contributed by atoms with Crippen LogP contribution in [0.1, 0.15) is 19.4 Å². The van der Waals surface area contributed by atoms with Gasteiger partial charge in [0.2, 0.25) is 0 Å². The van der Waals surface area contributed by atoms with Crippen molar-refractivity contribution in [3.63, 3.8) is 0 Å². The van der Waals surface area contributed by atoms with Crippen molar-refractivity contribution in [3.05, 3.63) is 42.0 Å². The van der Waals surface area contributed by atoms with Gasteiger partial charge in [0.15, 0.2) is 0 Å². The highest BCUT2D eigenvalue weighted by Crippen LogP contribution is 2.22. The number of ether oxygens (including phenoxy) is 1. The molecule has 0 amide bonds. The first kappa shape index (κ1) is 11.6. The number of hydrogen-bond donors (Lipinski definition) is 0. The van der Waals surface area contributed by atoms with Gasteiger partial charge in [0.1, 0.15) is 5.75 Å². The molecule has 0 saturated carbocycles. The van der Waals surface area contributed by atoms with E-state index in [1.165, 1.54) is 5.56 Å². The zero-order valence-corrected chi connectivity index (χ0v) is 10.4. The number of hydrogen-bond acceptors (Lipinski definition) is 2. The highest BCUT2D eigenvalue weighted by molar-refractivity contribution is 5.85. The molecule has 0 radical (unpaired) electrons. The molecule has 0 saturated heterocycles. The van der Waals surface area contributed by atoms with E-state index in [-0.39, 0.29) is 11.9 Å². The molecule has 2 aromatic carbocycles. The molecule has 2 aromatic rings. The lowest BCUT2D eigenvalue weighted by molar-refractivity contribution is -0.137. The number of esters is 1. The van der Waals surface area contributed by atoms with Crippen LogP contribution in [-0.4, -0.2) is 5.97 Å². The zero-order valence-electron chi connectivity index (χ0n) is 10.4. The second kappa shape index (κ2) is 4.58. The molecule has 0 unspecified atom stereocenters. The van der Waals surface area contributed by atoms with E-state index in [1.54, 1.807) is 0 Å². The molecule has 0 fully saturated rings. The minimum atomic E-state index is -0.197.